The van der Waals surface area contributed by atoms with Crippen LogP contribution < -0.4 is 11.2 Å². The van der Waals surface area contributed by atoms with Gasteiger partial charge >= 0.3 is 5.69 Å². The van der Waals surface area contributed by atoms with Gasteiger partial charge in [0.25, 0.3) is 5.56 Å². The molecule has 6 heteroatoms. The second-order valence-electron chi connectivity index (χ2n) is 2.84. The fraction of sp³-hybridized carbons (Fsp3) is 0.250. The normalized spacial score (nSPS) is 19.6. The number of rotatable bonds is 1. The number of hydrogen-bond donors (Lipinski definition) is 1. The third kappa shape index (κ3) is 1.34. The third-order valence-corrected chi connectivity index (χ3v) is 1.90. The van der Waals surface area contributed by atoms with Crippen LogP contribution in [0.15, 0.2) is 28.1 Å². The molecule has 1 aromatic rings. The average Bonchev–Trinajstić information content (AvgIpc) is 2.64. The fourth-order valence-corrected chi connectivity index (χ4v) is 1.23. The number of aromatic amines is 1. The molecule has 0 bridgehead atoms. The maximum Gasteiger partial charge on any atom is 0.331 e. The number of H-pyrrole nitrogens is 1. The highest BCUT2D eigenvalue weighted by Crippen LogP contribution is 2.17. The molecule has 0 spiro atoms. The van der Waals surface area contributed by atoms with Crippen molar-refractivity contribution in [2.24, 2.45) is 0 Å². The average molecular weight is 198 g/mol. The van der Waals surface area contributed by atoms with Gasteiger partial charge in [-0.25, -0.2) is 4.79 Å². The van der Waals surface area contributed by atoms with Crippen molar-refractivity contribution in [2.45, 2.75) is 12.6 Å². The van der Waals surface area contributed by atoms with Crippen LogP contribution in [-0.4, -0.2) is 9.55 Å². The Kier molecular flexibility index (Phi) is 1.95. The largest absolute Gasteiger partial charge is 0.478 e. The van der Waals surface area contributed by atoms with Crippen LogP contribution in [0.3, 0.4) is 0 Å². The molecule has 0 amide bonds. The SMILES string of the molecule is O=c1[nH]c(=O)n([C@H]2CC=CO2)cc1F. The summed E-state index contributed by atoms with van der Waals surface area (Å²) >= 11 is 0. The Morgan fingerprint density at radius 1 is 1.57 bits per heavy atom. The van der Waals surface area contributed by atoms with E-state index in [1.54, 1.807) is 6.08 Å². The van der Waals surface area contributed by atoms with Crippen LogP contribution in [0.5, 0.6) is 0 Å². The van der Waals surface area contributed by atoms with E-state index in [1.807, 2.05) is 4.98 Å². The van der Waals surface area contributed by atoms with Crippen LogP contribution in [0.25, 0.3) is 0 Å². The zero-order valence-electron chi connectivity index (χ0n) is 7.07. The van der Waals surface area contributed by atoms with Gasteiger partial charge in [-0.15, -0.1) is 0 Å². The first kappa shape index (κ1) is 8.74. The first-order valence-electron chi connectivity index (χ1n) is 4.00. The van der Waals surface area contributed by atoms with E-state index >= 15 is 0 Å². The van der Waals surface area contributed by atoms with Crippen LogP contribution in [-0.2, 0) is 4.74 Å². The van der Waals surface area contributed by atoms with E-state index in [9.17, 15) is 14.0 Å². The van der Waals surface area contributed by atoms with Gasteiger partial charge in [0.05, 0.1) is 12.5 Å². The number of halogens is 1. The number of nitrogens with one attached hydrogen (secondary N) is 1. The summed E-state index contributed by atoms with van der Waals surface area (Å²) in [6, 6.07) is 0. The Morgan fingerprint density at radius 3 is 3.00 bits per heavy atom. The second kappa shape index (κ2) is 3.13. The van der Waals surface area contributed by atoms with Crippen LogP contribution >= 0.6 is 0 Å². The van der Waals surface area contributed by atoms with Crippen molar-refractivity contribution >= 4 is 0 Å². The van der Waals surface area contributed by atoms with Crippen molar-refractivity contribution in [3.8, 4) is 0 Å². The van der Waals surface area contributed by atoms with Gasteiger partial charge in [0.15, 0.2) is 6.23 Å². The lowest BCUT2D eigenvalue weighted by atomic mass is 10.4. The van der Waals surface area contributed by atoms with Gasteiger partial charge in [-0.3, -0.25) is 14.3 Å². The molecule has 1 N–H and O–H groups in total. The Labute approximate surface area is 77.4 Å². The summed E-state index contributed by atoms with van der Waals surface area (Å²) in [7, 11) is 0. The Bertz CT molecular complexity index is 480. The monoisotopic (exact) mass is 198 g/mol. The van der Waals surface area contributed by atoms with Gasteiger partial charge < -0.3 is 4.74 Å². The minimum atomic E-state index is -1.02. The quantitative estimate of drug-likeness (QED) is 0.696. The van der Waals surface area contributed by atoms with Gasteiger partial charge in [0.1, 0.15) is 0 Å². The molecule has 0 saturated carbocycles. The predicted octanol–water partition coefficient (Wildman–Crippen LogP) is 0.108. The summed E-state index contributed by atoms with van der Waals surface area (Å²) in [5.74, 6) is -1.000. The van der Waals surface area contributed by atoms with Gasteiger partial charge in [-0.1, -0.05) is 0 Å². The van der Waals surface area contributed by atoms with Gasteiger partial charge in [0.2, 0.25) is 5.82 Å². The molecule has 0 aliphatic carbocycles. The molecule has 2 heterocycles. The van der Waals surface area contributed by atoms with Crippen molar-refractivity contribution in [1.29, 1.82) is 0 Å². The van der Waals surface area contributed by atoms with Crippen molar-refractivity contribution in [3.63, 3.8) is 0 Å². The number of ether oxygens (including phenoxy) is 1. The highest BCUT2D eigenvalue weighted by molar-refractivity contribution is 4.92. The lowest BCUT2D eigenvalue weighted by Crippen LogP contribution is -2.33. The van der Waals surface area contributed by atoms with E-state index in [1.165, 1.54) is 6.26 Å². The summed E-state index contributed by atoms with van der Waals surface area (Å²) < 4.78 is 18.9. The second-order valence-corrected chi connectivity index (χ2v) is 2.84. The molecule has 1 aliphatic heterocycles. The Morgan fingerprint density at radius 2 is 2.36 bits per heavy atom. The van der Waals surface area contributed by atoms with Gasteiger partial charge in [0, 0.05) is 6.42 Å². The molecule has 74 valence electrons. The van der Waals surface area contributed by atoms with Gasteiger partial charge in [-0.2, -0.15) is 4.39 Å². The highest BCUT2D eigenvalue weighted by Gasteiger charge is 2.16. The van der Waals surface area contributed by atoms with Crippen molar-refractivity contribution in [3.05, 3.63) is 45.2 Å². The lowest BCUT2D eigenvalue weighted by Gasteiger charge is -2.12. The van der Waals surface area contributed by atoms with Crippen molar-refractivity contribution in [1.82, 2.24) is 9.55 Å². The molecule has 1 aliphatic rings. The number of hydrogen-bond acceptors (Lipinski definition) is 3. The molecule has 0 unspecified atom stereocenters. The summed E-state index contributed by atoms with van der Waals surface area (Å²) in [4.78, 5) is 23.8. The Balaban J connectivity index is 2.48. The van der Waals surface area contributed by atoms with Crippen molar-refractivity contribution < 1.29 is 9.13 Å². The smallest absolute Gasteiger partial charge is 0.331 e. The third-order valence-electron chi connectivity index (χ3n) is 1.90. The zero-order valence-corrected chi connectivity index (χ0v) is 7.07. The number of nitrogens with zero attached hydrogens (tertiary/aromatic N) is 1. The van der Waals surface area contributed by atoms with E-state index in [4.69, 9.17) is 4.74 Å². The molecule has 0 fully saturated rings. The maximum atomic E-state index is 12.8. The van der Waals surface area contributed by atoms with E-state index in [-0.39, 0.29) is 0 Å². The topological polar surface area (TPSA) is 64.1 Å². The first-order chi connectivity index (χ1) is 6.68. The zero-order chi connectivity index (χ0) is 10.1. The van der Waals surface area contributed by atoms with Crippen LogP contribution in [0.1, 0.15) is 12.6 Å². The molecule has 0 radical (unpaired) electrons. The molecule has 14 heavy (non-hydrogen) atoms. The Hall–Kier alpha value is -1.85. The molecule has 5 nitrogen and oxygen atoms in total. The maximum absolute atomic E-state index is 12.8. The summed E-state index contributed by atoms with van der Waals surface area (Å²) in [6.07, 6.45) is 3.90. The lowest BCUT2D eigenvalue weighted by molar-refractivity contribution is 0.0984. The summed E-state index contributed by atoms with van der Waals surface area (Å²) in [5, 5.41) is 0. The molecule has 1 atom stereocenters. The van der Waals surface area contributed by atoms with E-state index in [0.29, 0.717) is 6.42 Å². The van der Waals surface area contributed by atoms with Crippen LogP contribution in [0.2, 0.25) is 0 Å². The van der Waals surface area contributed by atoms with E-state index in [0.717, 1.165) is 10.8 Å². The highest BCUT2D eigenvalue weighted by atomic mass is 19.1. The molecule has 0 saturated heterocycles. The minimum absolute atomic E-state index is 0.478. The van der Waals surface area contributed by atoms with Crippen LogP contribution in [0.4, 0.5) is 4.39 Å². The molecule has 1 aromatic heterocycles. The van der Waals surface area contributed by atoms with Gasteiger partial charge in [-0.05, 0) is 6.08 Å². The number of aromatic nitrogens is 2. The van der Waals surface area contributed by atoms with Crippen molar-refractivity contribution in [2.75, 3.05) is 0 Å². The van der Waals surface area contributed by atoms with E-state index in [2.05, 4.69) is 0 Å². The van der Waals surface area contributed by atoms with E-state index < -0.39 is 23.3 Å². The first-order valence-corrected chi connectivity index (χ1v) is 4.00. The standard InChI is InChI=1S/C8H7FN2O3/c9-5-4-11(6-2-1-3-14-6)8(13)10-7(5)12/h1,3-4,6H,2H2,(H,10,12,13)/t6-/m1/s1. The summed E-state index contributed by atoms with van der Waals surface area (Å²) in [6.45, 7) is 0. The summed E-state index contributed by atoms with van der Waals surface area (Å²) in [5.41, 5.74) is -1.69. The molecule has 2 rings (SSSR count). The van der Waals surface area contributed by atoms with Crippen LogP contribution in [0, 0.1) is 5.82 Å². The molecule has 0 aromatic carbocycles. The molecular formula is C8H7FN2O3. The molecular weight excluding hydrogens is 191 g/mol. The predicted molar refractivity (Wildman–Crippen MR) is 45.2 cm³/mol. The fourth-order valence-electron chi connectivity index (χ4n) is 1.23. The minimum Gasteiger partial charge on any atom is -0.478 e.